The molecule has 6 atom stereocenters. The molecule has 3 aliphatic rings. The van der Waals surface area contributed by atoms with Crippen LogP contribution in [0.4, 0.5) is 0 Å². The Kier molecular flexibility index (Phi) is 6.40. The van der Waals surface area contributed by atoms with Crippen LogP contribution in [0.5, 0.6) is 0 Å². The topological polar surface area (TPSA) is 84.5 Å². The molecule has 1 unspecified atom stereocenters. The molecule has 0 aliphatic carbocycles. The molecule has 0 bridgehead atoms. The first-order valence-corrected chi connectivity index (χ1v) is 11.0. The van der Waals surface area contributed by atoms with Gasteiger partial charge in [0.1, 0.15) is 18.2 Å². The lowest BCUT2D eigenvalue weighted by atomic mass is 10.1. The minimum Gasteiger partial charge on any atom is -0.455 e. The average Bonchev–Trinajstić information content (AvgIpc) is 3.33. The van der Waals surface area contributed by atoms with Crippen LogP contribution in [0.15, 0.2) is 30.3 Å². The predicted octanol–water partition coefficient (Wildman–Crippen LogP) is 2.49. The first-order valence-electron chi connectivity index (χ1n) is 11.0. The molecule has 0 radical (unpaired) electrons. The number of benzene rings is 1. The number of carbonyl (C=O) groups excluding carboxylic acids is 1. The zero-order chi connectivity index (χ0) is 22.2. The molecule has 1 aromatic rings. The van der Waals surface area contributed by atoms with Crippen LogP contribution in [0, 0.1) is 0 Å². The molecule has 172 valence electrons. The van der Waals surface area contributed by atoms with Crippen LogP contribution in [-0.4, -0.2) is 60.9 Å². The highest BCUT2D eigenvalue weighted by atomic mass is 16.8. The Bertz CT molecular complexity index is 768. The third kappa shape index (κ3) is 5.10. The maximum absolute atomic E-state index is 13.1. The zero-order valence-electron chi connectivity index (χ0n) is 18.8. The van der Waals surface area contributed by atoms with Crippen molar-refractivity contribution in [3.63, 3.8) is 0 Å². The molecule has 8 heteroatoms. The summed E-state index contributed by atoms with van der Waals surface area (Å²) in [4.78, 5) is 13.1. The lowest BCUT2D eigenvalue weighted by molar-refractivity contribution is -0.235. The summed E-state index contributed by atoms with van der Waals surface area (Å²) in [5.74, 6) is -1.87. The Morgan fingerprint density at radius 2 is 1.84 bits per heavy atom. The first kappa shape index (κ1) is 22.6. The van der Waals surface area contributed by atoms with E-state index in [2.05, 4.69) is 5.32 Å². The summed E-state index contributed by atoms with van der Waals surface area (Å²) in [5.41, 5.74) is 1.10. The van der Waals surface area contributed by atoms with Gasteiger partial charge in [-0.2, -0.15) is 0 Å². The zero-order valence-corrected chi connectivity index (χ0v) is 18.8. The van der Waals surface area contributed by atoms with Gasteiger partial charge in [0.25, 0.3) is 0 Å². The van der Waals surface area contributed by atoms with Crippen molar-refractivity contribution in [1.82, 2.24) is 5.32 Å². The fraction of sp³-hybridized carbons (Fsp3) is 0.696. The van der Waals surface area contributed by atoms with Gasteiger partial charge in [-0.1, -0.05) is 37.3 Å². The number of rotatable bonds is 7. The summed E-state index contributed by atoms with van der Waals surface area (Å²) in [5, 5.41) is 3.29. The molecule has 0 aromatic heterocycles. The predicted molar refractivity (Wildman–Crippen MR) is 111 cm³/mol. The van der Waals surface area contributed by atoms with Crippen molar-refractivity contribution in [1.29, 1.82) is 0 Å². The maximum Gasteiger partial charge on any atom is 0.323 e. The second kappa shape index (κ2) is 8.77. The minimum atomic E-state index is -0.813. The Labute approximate surface area is 183 Å². The van der Waals surface area contributed by atoms with E-state index < -0.39 is 42.2 Å². The van der Waals surface area contributed by atoms with E-state index in [4.69, 9.17) is 28.4 Å². The van der Waals surface area contributed by atoms with Crippen molar-refractivity contribution in [3.8, 4) is 0 Å². The van der Waals surface area contributed by atoms with E-state index in [9.17, 15) is 4.79 Å². The van der Waals surface area contributed by atoms with E-state index in [1.807, 2.05) is 65.0 Å². The molecule has 31 heavy (non-hydrogen) atoms. The highest BCUT2D eigenvalue weighted by molar-refractivity contribution is 5.76. The van der Waals surface area contributed by atoms with Crippen LogP contribution < -0.4 is 5.32 Å². The van der Waals surface area contributed by atoms with Crippen molar-refractivity contribution in [3.05, 3.63) is 35.9 Å². The van der Waals surface area contributed by atoms with Gasteiger partial charge in [0, 0.05) is 6.54 Å². The molecular weight excluding hydrogens is 402 g/mol. The molecule has 0 amide bonds. The molecule has 8 nitrogen and oxygen atoms in total. The summed E-state index contributed by atoms with van der Waals surface area (Å²) in [6.45, 7) is 10.2. The maximum atomic E-state index is 13.1. The molecule has 1 N–H and O–H groups in total. The number of carbonyl (C=O) groups is 1. The Morgan fingerprint density at radius 1 is 1.10 bits per heavy atom. The molecule has 3 saturated heterocycles. The van der Waals surface area contributed by atoms with Gasteiger partial charge in [-0.3, -0.25) is 4.79 Å². The highest BCUT2D eigenvalue weighted by Gasteiger charge is 2.60. The minimum absolute atomic E-state index is 0.343. The lowest BCUT2D eigenvalue weighted by Gasteiger charge is -2.29. The summed E-state index contributed by atoms with van der Waals surface area (Å²) in [6, 6.07) is 9.49. The third-order valence-corrected chi connectivity index (χ3v) is 5.76. The van der Waals surface area contributed by atoms with Crippen molar-refractivity contribution in [2.24, 2.45) is 0 Å². The lowest BCUT2D eigenvalue weighted by Crippen LogP contribution is -2.48. The van der Waals surface area contributed by atoms with E-state index >= 15 is 0 Å². The van der Waals surface area contributed by atoms with Gasteiger partial charge >= 0.3 is 5.97 Å². The number of hydrogen-bond acceptors (Lipinski definition) is 8. The van der Waals surface area contributed by atoms with Gasteiger partial charge in [-0.15, -0.1) is 0 Å². The molecule has 0 spiro atoms. The summed E-state index contributed by atoms with van der Waals surface area (Å²) < 4.78 is 35.7. The third-order valence-electron chi connectivity index (χ3n) is 5.76. The van der Waals surface area contributed by atoms with Crippen LogP contribution >= 0.6 is 0 Å². The summed E-state index contributed by atoms with van der Waals surface area (Å²) in [6.07, 6.45) is -2.13. The van der Waals surface area contributed by atoms with E-state index in [-0.39, 0.29) is 12.1 Å². The molecular formula is C23H33NO7. The Balaban J connectivity index is 1.45. The SMILES string of the molecule is CCC(NCc1ccccc1)C(=O)O[C@@H]1[C@H]2OC(C)(C)O[C@H]2O[C@@H]1[C@H]1COC(C)(C)O1. The molecule has 4 rings (SSSR count). The van der Waals surface area contributed by atoms with E-state index in [1.165, 1.54) is 0 Å². The smallest absolute Gasteiger partial charge is 0.323 e. The largest absolute Gasteiger partial charge is 0.455 e. The van der Waals surface area contributed by atoms with Crippen LogP contribution in [0.3, 0.4) is 0 Å². The van der Waals surface area contributed by atoms with E-state index in [0.717, 1.165) is 5.56 Å². The normalized spacial score (nSPS) is 34.4. The van der Waals surface area contributed by atoms with Crippen LogP contribution in [0.25, 0.3) is 0 Å². The number of hydrogen-bond donors (Lipinski definition) is 1. The fourth-order valence-corrected chi connectivity index (χ4v) is 4.26. The standard InChI is InChI=1S/C23H33NO7/c1-6-15(24-12-14-10-8-7-9-11-14)20(25)27-18-17(16-13-26-22(2,3)29-16)28-21-19(18)30-23(4,5)31-21/h7-11,15-19,21,24H,6,12-13H2,1-5H3/t15?,16-,17-,18+,19-,21-/m1/s1. The molecule has 3 fully saturated rings. The quantitative estimate of drug-likeness (QED) is 0.654. The first-order chi connectivity index (χ1) is 14.7. The van der Waals surface area contributed by atoms with E-state index in [0.29, 0.717) is 19.6 Å². The van der Waals surface area contributed by atoms with Crippen molar-refractivity contribution < 1.29 is 33.2 Å². The molecule has 3 aliphatic heterocycles. The monoisotopic (exact) mass is 435 g/mol. The fourth-order valence-electron chi connectivity index (χ4n) is 4.26. The van der Waals surface area contributed by atoms with Gasteiger partial charge in [-0.05, 0) is 39.7 Å². The summed E-state index contributed by atoms with van der Waals surface area (Å²) in [7, 11) is 0. The molecule has 1 aromatic carbocycles. The average molecular weight is 436 g/mol. The number of nitrogens with one attached hydrogen (secondary N) is 1. The van der Waals surface area contributed by atoms with E-state index in [1.54, 1.807) is 0 Å². The van der Waals surface area contributed by atoms with Gasteiger partial charge < -0.3 is 33.7 Å². The highest BCUT2D eigenvalue weighted by Crippen LogP contribution is 2.42. The van der Waals surface area contributed by atoms with Gasteiger partial charge in [0.15, 0.2) is 30.1 Å². The molecule has 3 heterocycles. The Hall–Kier alpha value is -1.55. The van der Waals surface area contributed by atoms with Crippen molar-refractivity contribution in [2.75, 3.05) is 6.61 Å². The van der Waals surface area contributed by atoms with Gasteiger partial charge in [0.05, 0.1) is 6.61 Å². The van der Waals surface area contributed by atoms with Gasteiger partial charge in [-0.25, -0.2) is 0 Å². The van der Waals surface area contributed by atoms with Gasteiger partial charge in [0.2, 0.25) is 0 Å². The van der Waals surface area contributed by atoms with Crippen molar-refractivity contribution >= 4 is 5.97 Å². The van der Waals surface area contributed by atoms with Crippen molar-refractivity contribution in [2.45, 2.75) is 95.9 Å². The summed E-state index contributed by atoms with van der Waals surface area (Å²) >= 11 is 0. The number of esters is 1. The van der Waals surface area contributed by atoms with Crippen LogP contribution in [0.2, 0.25) is 0 Å². The molecule has 0 saturated carbocycles. The second-order valence-corrected chi connectivity index (χ2v) is 9.17. The second-order valence-electron chi connectivity index (χ2n) is 9.17. The van der Waals surface area contributed by atoms with Crippen LogP contribution in [0.1, 0.15) is 46.6 Å². The Morgan fingerprint density at radius 3 is 2.48 bits per heavy atom. The van der Waals surface area contributed by atoms with Crippen LogP contribution in [-0.2, 0) is 39.8 Å². The number of ether oxygens (including phenoxy) is 6. The number of fused-ring (bicyclic) bond motifs is 1.